The molecule has 2 aromatic carbocycles. The number of para-hydroxylation sites is 3. The maximum absolute atomic E-state index is 13.5. The van der Waals surface area contributed by atoms with Gasteiger partial charge in [0, 0.05) is 0 Å². The Labute approximate surface area is 115 Å². The van der Waals surface area contributed by atoms with Crippen molar-refractivity contribution in [1.82, 2.24) is 0 Å². The molecule has 0 spiro atoms. The van der Waals surface area contributed by atoms with Crippen molar-refractivity contribution >= 4 is 5.97 Å². The van der Waals surface area contributed by atoms with E-state index in [1.807, 2.05) is 0 Å². The van der Waals surface area contributed by atoms with E-state index in [2.05, 4.69) is 0 Å². The average molecular weight is 276 g/mol. The normalized spacial score (nSPS) is 10.1. The first kappa shape index (κ1) is 13.9. The van der Waals surface area contributed by atoms with Gasteiger partial charge in [-0.3, -0.25) is 4.79 Å². The molecule has 0 aliphatic heterocycles. The van der Waals surface area contributed by atoms with E-state index in [1.54, 1.807) is 36.4 Å². The lowest BCUT2D eigenvalue weighted by atomic mass is 10.3. The lowest BCUT2D eigenvalue weighted by molar-refractivity contribution is -0.137. The van der Waals surface area contributed by atoms with Gasteiger partial charge in [0.1, 0.15) is 0 Å². The van der Waals surface area contributed by atoms with Crippen molar-refractivity contribution < 1.29 is 23.8 Å². The molecule has 104 valence electrons. The fraction of sp³-hybridized carbons (Fsp3) is 0.133. The van der Waals surface area contributed by atoms with Gasteiger partial charge in [-0.25, -0.2) is 4.39 Å². The molecule has 0 unspecified atom stereocenters. The Balaban J connectivity index is 2.11. The predicted octanol–water partition coefficient (Wildman–Crippen LogP) is 3.47. The van der Waals surface area contributed by atoms with Crippen LogP contribution in [0.5, 0.6) is 17.2 Å². The second-order valence-electron chi connectivity index (χ2n) is 3.97. The van der Waals surface area contributed by atoms with E-state index in [-0.39, 0.29) is 18.8 Å². The minimum Gasteiger partial charge on any atom is -0.489 e. The standard InChI is InChI=1S/C15H13FO4/c16-11-5-1-2-6-12(11)20-14-8-4-3-7-13(14)19-10-9-15(17)18/h1-8H,9-10H2,(H,17,18). The molecule has 0 atom stereocenters. The third kappa shape index (κ3) is 3.71. The largest absolute Gasteiger partial charge is 0.489 e. The lowest BCUT2D eigenvalue weighted by Gasteiger charge is -2.12. The number of hydrogen-bond donors (Lipinski definition) is 1. The first-order chi connectivity index (χ1) is 9.66. The van der Waals surface area contributed by atoms with Gasteiger partial charge >= 0.3 is 5.97 Å². The quantitative estimate of drug-likeness (QED) is 0.877. The molecule has 0 aliphatic rings. The van der Waals surface area contributed by atoms with Gasteiger partial charge in [0.25, 0.3) is 0 Å². The molecular weight excluding hydrogens is 263 g/mol. The summed E-state index contributed by atoms with van der Waals surface area (Å²) in [6.45, 7) is 0.0208. The molecule has 0 radical (unpaired) electrons. The molecule has 0 fully saturated rings. The molecule has 2 rings (SSSR count). The van der Waals surface area contributed by atoms with Crippen LogP contribution in [-0.4, -0.2) is 17.7 Å². The molecule has 1 N–H and O–H groups in total. The Morgan fingerprint density at radius 3 is 2.25 bits per heavy atom. The van der Waals surface area contributed by atoms with Crippen LogP contribution >= 0.6 is 0 Å². The first-order valence-corrected chi connectivity index (χ1v) is 6.03. The van der Waals surface area contributed by atoms with Crippen LogP contribution in [0.25, 0.3) is 0 Å². The maximum Gasteiger partial charge on any atom is 0.306 e. The van der Waals surface area contributed by atoms with E-state index < -0.39 is 11.8 Å². The van der Waals surface area contributed by atoms with Gasteiger partial charge in [0.2, 0.25) is 0 Å². The summed E-state index contributed by atoms with van der Waals surface area (Å²) in [5, 5.41) is 8.57. The lowest BCUT2D eigenvalue weighted by Crippen LogP contribution is -2.05. The summed E-state index contributed by atoms with van der Waals surface area (Å²) in [6.07, 6.45) is -0.117. The Morgan fingerprint density at radius 1 is 1.00 bits per heavy atom. The van der Waals surface area contributed by atoms with Crippen molar-refractivity contribution in [3.8, 4) is 17.2 Å². The van der Waals surface area contributed by atoms with Crippen molar-refractivity contribution in [2.45, 2.75) is 6.42 Å². The van der Waals surface area contributed by atoms with Crippen LogP contribution in [0.3, 0.4) is 0 Å². The number of carboxylic acid groups (broad SMARTS) is 1. The molecule has 2 aromatic rings. The summed E-state index contributed by atoms with van der Waals surface area (Å²) >= 11 is 0. The third-order valence-electron chi connectivity index (χ3n) is 2.48. The zero-order valence-electron chi connectivity index (χ0n) is 10.6. The van der Waals surface area contributed by atoms with E-state index in [1.165, 1.54) is 12.1 Å². The van der Waals surface area contributed by atoms with Crippen molar-refractivity contribution in [2.24, 2.45) is 0 Å². The molecule has 0 saturated carbocycles. The van der Waals surface area contributed by atoms with E-state index in [9.17, 15) is 9.18 Å². The molecule has 0 heterocycles. The molecule has 20 heavy (non-hydrogen) atoms. The zero-order valence-corrected chi connectivity index (χ0v) is 10.6. The molecule has 4 nitrogen and oxygen atoms in total. The number of rotatable bonds is 6. The smallest absolute Gasteiger partial charge is 0.306 e. The van der Waals surface area contributed by atoms with Crippen LogP contribution in [0.1, 0.15) is 6.42 Å². The number of ether oxygens (including phenoxy) is 2. The molecular formula is C15H13FO4. The number of halogens is 1. The highest BCUT2D eigenvalue weighted by Crippen LogP contribution is 2.32. The first-order valence-electron chi connectivity index (χ1n) is 6.03. The van der Waals surface area contributed by atoms with E-state index in [0.29, 0.717) is 11.5 Å². The SMILES string of the molecule is O=C(O)CCOc1ccccc1Oc1ccccc1F. The highest BCUT2D eigenvalue weighted by Gasteiger charge is 2.09. The average Bonchev–Trinajstić information content (AvgIpc) is 2.43. The van der Waals surface area contributed by atoms with Crippen LogP contribution in [0, 0.1) is 5.82 Å². The number of hydrogen-bond acceptors (Lipinski definition) is 3. The summed E-state index contributed by atoms with van der Waals surface area (Å²) in [5.41, 5.74) is 0. The molecule has 0 bridgehead atoms. The third-order valence-corrected chi connectivity index (χ3v) is 2.48. The van der Waals surface area contributed by atoms with Crippen LogP contribution in [0.15, 0.2) is 48.5 Å². The Kier molecular flexibility index (Phi) is 4.55. The fourth-order valence-corrected chi connectivity index (χ4v) is 1.55. The van der Waals surface area contributed by atoms with Gasteiger partial charge in [-0.1, -0.05) is 24.3 Å². The van der Waals surface area contributed by atoms with Crippen LogP contribution in [0.2, 0.25) is 0 Å². The van der Waals surface area contributed by atoms with Crippen LogP contribution in [-0.2, 0) is 4.79 Å². The predicted molar refractivity (Wildman–Crippen MR) is 70.7 cm³/mol. The Hall–Kier alpha value is -2.56. The van der Waals surface area contributed by atoms with Crippen molar-refractivity contribution in [1.29, 1.82) is 0 Å². The van der Waals surface area contributed by atoms with Crippen LogP contribution < -0.4 is 9.47 Å². The van der Waals surface area contributed by atoms with Gasteiger partial charge in [-0.05, 0) is 24.3 Å². The highest BCUT2D eigenvalue weighted by atomic mass is 19.1. The fourth-order valence-electron chi connectivity index (χ4n) is 1.55. The van der Waals surface area contributed by atoms with Gasteiger partial charge < -0.3 is 14.6 Å². The number of aliphatic carboxylic acids is 1. The Bertz CT molecular complexity index is 598. The second-order valence-corrected chi connectivity index (χ2v) is 3.97. The van der Waals surface area contributed by atoms with Gasteiger partial charge in [0.05, 0.1) is 13.0 Å². The summed E-state index contributed by atoms with van der Waals surface area (Å²) < 4.78 is 24.3. The van der Waals surface area contributed by atoms with Crippen molar-refractivity contribution in [3.63, 3.8) is 0 Å². The van der Waals surface area contributed by atoms with E-state index in [4.69, 9.17) is 14.6 Å². The molecule has 0 aromatic heterocycles. The highest BCUT2D eigenvalue weighted by molar-refractivity contribution is 5.66. The maximum atomic E-state index is 13.5. The van der Waals surface area contributed by atoms with Crippen LogP contribution in [0.4, 0.5) is 4.39 Å². The summed E-state index contributed by atoms with van der Waals surface area (Å²) in [7, 11) is 0. The van der Waals surface area contributed by atoms with Gasteiger partial charge in [-0.2, -0.15) is 0 Å². The Morgan fingerprint density at radius 2 is 1.60 bits per heavy atom. The number of carboxylic acids is 1. The summed E-state index contributed by atoms with van der Waals surface area (Å²) in [4.78, 5) is 10.4. The number of benzene rings is 2. The van der Waals surface area contributed by atoms with Gasteiger partial charge in [-0.15, -0.1) is 0 Å². The topological polar surface area (TPSA) is 55.8 Å². The minimum absolute atomic E-state index is 0.0208. The van der Waals surface area contributed by atoms with E-state index >= 15 is 0 Å². The molecule has 0 saturated heterocycles. The molecule has 0 aliphatic carbocycles. The van der Waals surface area contributed by atoms with Crippen molar-refractivity contribution in [2.75, 3.05) is 6.61 Å². The minimum atomic E-state index is -0.947. The van der Waals surface area contributed by atoms with E-state index in [0.717, 1.165) is 0 Å². The molecule has 0 amide bonds. The summed E-state index contributed by atoms with van der Waals surface area (Å²) in [6, 6.07) is 12.7. The number of carbonyl (C=O) groups is 1. The van der Waals surface area contributed by atoms with Crippen molar-refractivity contribution in [3.05, 3.63) is 54.3 Å². The summed E-state index contributed by atoms with van der Waals surface area (Å²) in [5.74, 6) is -0.632. The zero-order chi connectivity index (χ0) is 14.4. The van der Waals surface area contributed by atoms with Gasteiger partial charge in [0.15, 0.2) is 23.1 Å². The monoisotopic (exact) mass is 276 g/mol. The molecule has 5 heteroatoms. The second kappa shape index (κ2) is 6.56.